The summed E-state index contributed by atoms with van der Waals surface area (Å²) in [4.78, 5) is 0. The summed E-state index contributed by atoms with van der Waals surface area (Å²) in [5.41, 5.74) is 2.12. The smallest absolute Gasteiger partial charge is 0.186 e. The van der Waals surface area contributed by atoms with E-state index in [0.717, 1.165) is 11.1 Å². The van der Waals surface area contributed by atoms with Crippen molar-refractivity contribution in [3.63, 3.8) is 0 Å². The van der Waals surface area contributed by atoms with E-state index in [-0.39, 0.29) is 6.61 Å². The molecule has 1 heterocycles. The SMILES string of the molecule is OC[C@@H](O)C1OCc2ccccc2CO1. The molecule has 0 saturated carbocycles. The summed E-state index contributed by atoms with van der Waals surface area (Å²) in [7, 11) is 0. The third kappa shape index (κ3) is 2.35. The molecule has 1 aliphatic rings. The van der Waals surface area contributed by atoms with Gasteiger partial charge in [0.1, 0.15) is 6.10 Å². The number of hydrogen-bond acceptors (Lipinski definition) is 4. The molecule has 0 radical (unpaired) electrons. The minimum Gasteiger partial charge on any atom is -0.393 e. The van der Waals surface area contributed by atoms with Gasteiger partial charge in [-0.3, -0.25) is 0 Å². The van der Waals surface area contributed by atoms with E-state index in [1.807, 2.05) is 24.3 Å². The van der Waals surface area contributed by atoms with Crippen LogP contribution >= 0.6 is 0 Å². The average Bonchev–Trinajstić information content (AvgIpc) is 2.50. The van der Waals surface area contributed by atoms with Crippen molar-refractivity contribution in [2.45, 2.75) is 25.6 Å². The molecule has 82 valence electrons. The third-order valence-corrected chi connectivity index (χ3v) is 2.43. The monoisotopic (exact) mass is 210 g/mol. The first-order valence-corrected chi connectivity index (χ1v) is 4.90. The van der Waals surface area contributed by atoms with Crippen LogP contribution in [0.15, 0.2) is 24.3 Å². The molecule has 1 atom stereocenters. The normalized spacial score (nSPS) is 19.3. The maximum Gasteiger partial charge on any atom is 0.186 e. The van der Waals surface area contributed by atoms with Gasteiger partial charge >= 0.3 is 0 Å². The molecule has 0 bridgehead atoms. The van der Waals surface area contributed by atoms with E-state index in [2.05, 4.69) is 0 Å². The second-order valence-corrected chi connectivity index (χ2v) is 3.51. The Labute approximate surface area is 88.1 Å². The molecule has 4 nitrogen and oxygen atoms in total. The van der Waals surface area contributed by atoms with Crippen LogP contribution in [0.2, 0.25) is 0 Å². The lowest BCUT2D eigenvalue weighted by molar-refractivity contribution is -0.206. The summed E-state index contributed by atoms with van der Waals surface area (Å²) < 4.78 is 10.7. The van der Waals surface area contributed by atoms with Crippen LogP contribution in [-0.2, 0) is 22.7 Å². The highest BCUT2D eigenvalue weighted by Gasteiger charge is 2.23. The first-order valence-electron chi connectivity index (χ1n) is 4.90. The van der Waals surface area contributed by atoms with Gasteiger partial charge in [-0.05, 0) is 11.1 Å². The molecule has 0 unspecified atom stereocenters. The summed E-state index contributed by atoms with van der Waals surface area (Å²) in [6, 6.07) is 7.80. The molecule has 0 spiro atoms. The number of benzene rings is 1. The van der Waals surface area contributed by atoms with Crippen LogP contribution in [0, 0.1) is 0 Å². The van der Waals surface area contributed by atoms with Crippen LogP contribution in [0.3, 0.4) is 0 Å². The summed E-state index contributed by atoms with van der Waals surface area (Å²) in [6.45, 7) is 0.441. The molecule has 0 amide bonds. The molecule has 1 aromatic carbocycles. The minimum atomic E-state index is -0.987. The molecule has 0 aromatic heterocycles. The second-order valence-electron chi connectivity index (χ2n) is 3.51. The molecule has 1 aliphatic heterocycles. The molecule has 2 rings (SSSR count). The summed E-state index contributed by atoms with van der Waals surface area (Å²) in [5.74, 6) is 0. The highest BCUT2D eigenvalue weighted by molar-refractivity contribution is 5.26. The Balaban J connectivity index is 2.08. The fourth-order valence-corrected chi connectivity index (χ4v) is 1.54. The van der Waals surface area contributed by atoms with Gasteiger partial charge in [0.25, 0.3) is 0 Å². The van der Waals surface area contributed by atoms with E-state index >= 15 is 0 Å². The van der Waals surface area contributed by atoms with Gasteiger partial charge < -0.3 is 19.7 Å². The fourth-order valence-electron chi connectivity index (χ4n) is 1.54. The summed E-state index contributed by atoms with van der Waals surface area (Å²) >= 11 is 0. The number of ether oxygens (including phenoxy) is 2. The molecule has 0 aliphatic carbocycles. The van der Waals surface area contributed by atoms with Gasteiger partial charge in [0, 0.05) is 0 Å². The standard InChI is InChI=1S/C11H14O4/c12-5-10(13)11-14-6-8-3-1-2-4-9(8)7-15-11/h1-4,10-13H,5-7H2/t10-/m1/s1. The van der Waals surface area contributed by atoms with Crippen molar-refractivity contribution in [1.82, 2.24) is 0 Å². The Morgan fingerprint density at radius 3 is 2.20 bits per heavy atom. The zero-order chi connectivity index (χ0) is 10.7. The second kappa shape index (κ2) is 4.72. The minimum absolute atomic E-state index is 0.360. The quantitative estimate of drug-likeness (QED) is 0.742. The number of rotatable bonds is 2. The highest BCUT2D eigenvalue weighted by atomic mass is 16.7. The largest absolute Gasteiger partial charge is 0.393 e. The molecule has 1 aromatic rings. The van der Waals surface area contributed by atoms with E-state index in [1.165, 1.54) is 0 Å². The molecule has 0 fully saturated rings. The van der Waals surface area contributed by atoms with Crippen LogP contribution in [0.4, 0.5) is 0 Å². The molecule has 15 heavy (non-hydrogen) atoms. The lowest BCUT2D eigenvalue weighted by Gasteiger charge is -2.19. The average molecular weight is 210 g/mol. The molecular formula is C11H14O4. The Bertz CT molecular complexity index is 299. The lowest BCUT2D eigenvalue weighted by atomic mass is 10.1. The first-order chi connectivity index (χ1) is 7.31. The Morgan fingerprint density at radius 1 is 1.20 bits per heavy atom. The Morgan fingerprint density at radius 2 is 1.73 bits per heavy atom. The zero-order valence-electron chi connectivity index (χ0n) is 8.30. The fraction of sp³-hybridized carbons (Fsp3) is 0.455. The number of aliphatic hydroxyl groups is 2. The van der Waals surface area contributed by atoms with E-state index in [1.54, 1.807) is 0 Å². The maximum absolute atomic E-state index is 9.39. The predicted octanol–water partition coefficient (Wildman–Crippen LogP) is 0.413. The highest BCUT2D eigenvalue weighted by Crippen LogP contribution is 2.19. The number of fused-ring (bicyclic) bond motifs is 1. The molecular weight excluding hydrogens is 196 g/mol. The van der Waals surface area contributed by atoms with Gasteiger partial charge in [-0.1, -0.05) is 24.3 Å². The summed E-state index contributed by atoms with van der Waals surface area (Å²) in [6.07, 6.45) is -1.73. The topological polar surface area (TPSA) is 58.9 Å². The van der Waals surface area contributed by atoms with Gasteiger partial charge in [-0.2, -0.15) is 0 Å². The van der Waals surface area contributed by atoms with Crippen molar-refractivity contribution in [2.75, 3.05) is 6.61 Å². The van der Waals surface area contributed by atoms with Crippen molar-refractivity contribution < 1.29 is 19.7 Å². The maximum atomic E-state index is 9.39. The van der Waals surface area contributed by atoms with Gasteiger partial charge in [0.2, 0.25) is 0 Å². The van der Waals surface area contributed by atoms with Crippen molar-refractivity contribution >= 4 is 0 Å². The predicted molar refractivity (Wildman–Crippen MR) is 52.9 cm³/mol. The van der Waals surface area contributed by atoms with E-state index < -0.39 is 12.4 Å². The molecule has 2 N–H and O–H groups in total. The Hall–Kier alpha value is -0.940. The first kappa shape index (κ1) is 10.6. The molecule has 0 saturated heterocycles. The van der Waals surface area contributed by atoms with E-state index in [0.29, 0.717) is 13.2 Å². The lowest BCUT2D eigenvalue weighted by Crippen LogP contribution is -2.33. The van der Waals surface area contributed by atoms with Crippen molar-refractivity contribution in [3.05, 3.63) is 35.4 Å². The van der Waals surface area contributed by atoms with Crippen LogP contribution in [0.1, 0.15) is 11.1 Å². The zero-order valence-corrected chi connectivity index (χ0v) is 8.30. The number of aliphatic hydroxyl groups excluding tert-OH is 2. The van der Waals surface area contributed by atoms with Crippen molar-refractivity contribution in [2.24, 2.45) is 0 Å². The van der Waals surface area contributed by atoms with Gasteiger partial charge in [0.15, 0.2) is 6.29 Å². The molecule has 4 heteroatoms. The van der Waals surface area contributed by atoms with Crippen LogP contribution < -0.4 is 0 Å². The van der Waals surface area contributed by atoms with Gasteiger partial charge in [0.05, 0.1) is 19.8 Å². The van der Waals surface area contributed by atoms with Crippen LogP contribution in [0.25, 0.3) is 0 Å². The Kier molecular flexibility index (Phi) is 3.33. The van der Waals surface area contributed by atoms with Crippen LogP contribution in [0.5, 0.6) is 0 Å². The van der Waals surface area contributed by atoms with Crippen LogP contribution in [-0.4, -0.2) is 29.2 Å². The van der Waals surface area contributed by atoms with Gasteiger partial charge in [-0.25, -0.2) is 0 Å². The van der Waals surface area contributed by atoms with Crippen molar-refractivity contribution in [3.8, 4) is 0 Å². The number of hydrogen-bond donors (Lipinski definition) is 2. The summed E-state index contributed by atoms with van der Waals surface area (Å²) in [5, 5.41) is 18.2. The van der Waals surface area contributed by atoms with Crippen molar-refractivity contribution in [1.29, 1.82) is 0 Å². The van der Waals surface area contributed by atoms with Gasteiger partial charge in [-0.15, -0.1) is 0 Å². The van der Waals surface area contributed by atoms with E-state index in [4.69, 9.17) is 14.6 Å². The third-order valence-electron chi connectivity index (χ3n) is 2.43. The van der Waals surface area contributed by atoms with E-state index in [9.17, 15) is 5.11 Å².